The molecular weight excluding hydrogens is 298 g/mol. The third kappa shape index (κ3) is 4.65. The first kappa shape index (κ1) is 16.7. The zero-order valence-electron chi connectivity index (χ0n) is 12.9. The Labute approximate surface area is 133 Å². The van der Waals surface area contributed by atoms with Crippen molar-refractivity contribution >= 4 is 5.91 Å². The molecule has 1 aromatic carbocycles. The number of carbonyl (C=O) groups excluding carboxylic acids is 1. The highest BCUT2D eigenvalue weighted by molar-refractivity contribution is 5.75. The summed E-state index contributed by atoms with van der Waals surface area (Å²) < 4.78 is 7.15. The molecule has 0 aliphatic heterocycles. The van der Waals surface area contributed by atoms with Crippen molar-refractivity contribution < 1.29 is 9.53 Å². The van der Waals surface area contributed by atoms with Gasteiger partial charge >= 0.3 is 5.69 Å². The van der Waals surface area contributed by atoms with Crippen LogP contribution in [0.2, 0.25) is 0 Å². The van der Waals surface area contributed by atoms with Gasteiger partial charge in [-0.2, -0.15) is 0 Å². The number of hydrogen-bond acceptors (Lipinski definition) is 4. The lowest BCUT2D eigenvalue weighted by Crippen LogP contribution is -2.43. The number of ether oxygens (including phenoxy) is 1. The number of nitrogens with one attached hydrogen (secondary N) is 1. The van der Waals surface area contributed by atoms with Crippen molar-refractivity contribution in [1.82, 2.24) is 14.5 Å². The highest BCUT2D eigenvalue weighted by atomic mass is 16.5. The van der Waals surface area contributed by atoms with Crippen LogP contribution in [0.5, 0.6) is 0 Å². The van der Waals surface area contributed by atoms with Gasteiger partial charge in [-0.3, -0.25) is 18.7 Å². The van der Waals surface area contributed by atoms with Crippen LogP contribution in [0.15, 0.2) is 52.2 Å². The average molecular weight is 317 g/mol. The summed E-state index contributed by atoms with van der Waals surface area (Å²) in [7, 11) is 1.52. The van der Waals surface area contributed by atoms with Gasteiger partial charge in [-0.25, -0.2) is 4.79 Å². The summed E-state index contributed by atoms with van der Waals surface area (Å²) in [6, 6.07) is 10.7. The fourth-order valence-corrected chi connectivity index (χ4v) is 2.09. The van der Waals surface area contributed by atoms with E-state index >= 15 is 0 Å². The van der Waals surface area contributed by atoms with Crippen LogP contribution in [0.25, 0.3) is 0 Å². The van der Waals surface area contributed by atoms with Crippen molar-refractivity contribution in [3.63, 3.8) is 0 Å². The Morgan fingerprint density at radius 1 is 1.17 bits per heavy atom. The van der Waals surface area contributed by atoms with Crippen molar-refractivity contribution in [2.45, 2.75) is 13.1 Å². The second-order valence-corrected chi connectivity index (χ2v) is 4.98. The maximum absolute atomic E-state index is 12.4. The van der Waals surface area contributed by atoms with Gasteiger partial charge in [0.05, 0.1) is 13.2 Å². The molecule has 2 aromatic rings. The van der Waals surface area contributed by atoms with Gasteiger partial charge in [-0.1, -0.05) is 30.3 Å². The number of benzene rings is 1. The minimum absolute atomic E-state index is 0.309. The number of amides is 1. The molecule has 7 nitrogen and oxygen atoms in total. The van der Waals surface area contributed by atoms with Crippen LogP contribution >= 0.6 is 0 Å². The number of nitrogens with zero attached hydrogens (tertiary/aromatic N) is 2. The first-order chi connectivity index (χ1) is 11.1. The van der Waals surface area contributed by atoms with E-state index in [-0.39, 0.29) is 6.54 Å². The minimum atomic E-state index is -0.511. The molecule has 0 fully saturated rings. The van der Waals surface area contributed by atoms with Crippen LogP contribution < -0.4 is 16.6 Å². The van der Waals surface area contributed by atoms with E-state index < -0.39 is 17.2 Å². The van der Waals surface area contributed by atoms with Crippen LogP contribution in [0.1, 0.15) is 5.56 Å². The summed E-state index contributed by atoms with van der Waals surface area (Å²) >= 11 is 0. The summed E-state index contributed by atoms with van der Waals surface area (Å²) in [5, 5.41) is 2.58. The van der Waals surface area contributed by atoms with Gasteiger partial charge < -0.3 is 10.1 Å². The molecule has 7 heteroatoms. The predicted octanol–water partition coefficient (Wildman–Crippen LogP) is -0.179. The van der Waals surface area contributed by atoms with Gasteiger partial charge in [0.1, 0.15) is 6.54 Å². The molecule has 0 saturated heterocycles. The average Bonchev–Trinajstić information content (AvgIpc) is 2.55. The molecule has 0 spiro atoms. The van der Waals surface area contributed by atoms with Crippen molar-refractivity contribution in [3.8, 4) is 0 Å². The van der Waals surface area contributed by atoms with E-state index in [1.165, 1.54) is 23.9 Å². The predicted molar refractivity (Wildman–Crippen MR) is 85.4 cm³/mol. The fourth-order valence-electron chi connectivity index (χ4n) is 2.09. The largest absolute Gasteiger partial charge is 0.383 e. The van der Waals surface area contributed by atoms with Crippen molar-refractivity contribution in [3.05, 3.63) is 69.0 Å². The first-order valence-corrected chi connectivity index (χ1v) is 7.21. The number of hydrogen-bond donors (Lipinski definition) is 1. The third-order valence-corrected chi connectivity index (χ3v) is 3.27. The standard InChI is InChI=1S/C16H19N3O4/c1-23-10-8-17-14(20)12-19-15(21)7-9-18(16(19)22)11-13-5-3-2-4-6-13/h2-7,9H,8,10-12H2,1H3,(H,17,20). The Hall–Kier alpha value is -2.67. The van der Waals surface area contributed by atoms with Gasteiger partial charge in [0, 0.05) is 25.9 Å². The smallest absolute Gasteiger partial charge is 0.331 e. The minimum Gasteiger partial charge on any atom is -0.383 e. The summed E-state index contributed by atoms with van der Waals surface area (Å²) in [5.74, 6) is -0.404. The lowest BCUT2D eigenvalue weighted by molar-refractivity contribution is -0.122. The van der Waals surface area contributed by atoms with Crippen molar-refractivity contribution in [2.24, 2.45) is 0 Å². The van der Waals surface area contributed by atoms with E-state index in [4.69, 9.17) is 4.74 Å². The first-order valence-electron chi connectivity index (χ1n) is 7.21. The number of rotatable bonds is 7. The molecule has 0 unspecified atom stereocenters. The summed E-state index contributed by atoms with van der Waals surface area (Å²) in [4.78, 5) is 36.0. The third-order valence-electron chi connectivity index (χ3n) is 3.27. The molecule has 0 radical (unpaired) electrons. The molecule has 1 amide bonds. The zero-order valence-corrected chi connectivity index (χ0v) is 12.9. The van der Waals surface area contributed by atoms with Crippen molar-refractivity contribution in [2.75, 3.05) is 20.3 Å². The second-order valence-electron chi connectivity index (χ2n) is 4.98. The highest BCUT2D eigenvalue weighted by Gasteiger charge is 2.10. The summed E-state index contributed by atoms with van der Waals surface area (Å²) in [6.45, 7) is 0.727. The molecule has 0 aliphatic rings. The SMILES string of the molecule is COCCNC(=O)Cn1c(=O)ccn(Cc2ccccc2)c1=O. The van der Waals surface area contributed by atoms with E-state index in [1.54, 1.807) is 0 Å². The van der Waals surface area contributed by atoms with Gasteiger partial charge in [-0.15, -0.1) is 0 Å². The van der Waals surface area contributed by atoms with E-state index in [9.17, 15) is 14.4 Å². The number of methoxy groups -OCH3 is 1. The maximum atomic E-state index is 12.4. The number of aromatic nitrogens is 2. The van der Waals surface area contributed by atoms with Crippen LogP contribution in [0.3, 0.4) is 0 Å². The van der Waals surface area contributed by atoms with Gasteiger partial charge in [0.25, 0.3) is 5.56 Å². The highest BCUT2D eigenvalue weighted by Crippen LogP contribution is 1.99. The van der Waals surface area contributed by atoms with Gasteiger partial charge in [0.15, 0.2) is 0 Å². The number of carbonyl (C=O) groups is 1. The van der Waals surface area contributed by atoms with Crippen molar-refractivity contribution in [1.29, 1.82) is 0 Å². The Morgan fingerprint density at radius 2 is 1.91 bits per heavy atom. The van der Waals surface area contributed by atoms with Crippen LogP contribution in [0, 0.1) is 0 Å². The van der Waals surface area contributed by atoms with E-state index in [2.05, 4.69) is 5.32 Å². The Balaban J connectivity index is 2.17. The molecule has 1 N–H and O–H groups in total. The summed E-state index contributed by atoms with van der Waals surface area (Å²) in [5.41, 5.74) is -0.0752. The zero-order chi connectivity index (χ0) is 16.7. The molecule has 23 heavy (non-hydrogen) atoms. The molecule has 1 aromatic heterocycles. The van der Waals surface area contributed by atoms with E-state index in [0.717, 1.165) is 10.1 Å². The monoisotopic (exact) mass is 317 g/mol. The quantitative estimate of drug-likeness (QED) is 0.718. The molecule has 0 atom stereocenters. The summed E-state index contributed by atoms with van der Waals surface area (Å²) in [6.07, 6.45) is 1.44. The maximum Gasteiger partial charge on any atom is 0.331 e. The Kier molecular flexibility index (Phi) is 5.87. The molecule has 0 aliphatic carbocycles. The topological polar surface area (TPSA) is 82.3 Å². The lowest BCUT2D eigenvalue weighted by Gasteiger charge is -2.10. The van der Waals surface area contributed by atoms with Gasteiger partial charge in [-0.05, 0) is 5.56 Å². The van der Waals surface area contributed by atoms with E-state index in [1.807, 2.05) is 30.3 Å². The molecule has 122 valence electrons. The molecule has 1 heterocycles. The van der Waals surface area contributed by atoms with Gasteiger partial charge in [0.2, 0.25) is 5.91 Å². The lowest BCUT2D eigenvalue weighted by atomic mass is 10.2. The fraction of sp³-hybridized carbons (Fsp3) is 0.312. The Bertz CT molecular complexity index is 765. The molecular formula is C16H19N3O4. The molecule has 0 bridgehead atoms. The Morgan fingerprint density at radius 3 is 2.61 bits per heavy atom. The van der Waals surface area contributed by atoms with E-state index in [0.29, 0.717) is 19.7 Å². The van der Waals surface area contributed by atoms with Crippen LogP contribution in [0.4, 0.5) is 0 Å². The second kappa shape index (κ2) is 8.09. The van der Waals surface area contributed by atoms with Crippen LogP contribution in [-0.2, 0) is 22.6 Å². The van der Waals surface area contributed by atoms with Crippen LogP contribution in [-0.4, -0.2) is 35.3 Å². The molecule has 0 saturated carbocycles. The molecule has 2 rings (SSSR count). The normalized spacial score (nSPS) is 10.5.